The van der Waals surface area contributed by atoms with Crippen LogP contribution in [0.4, 0.5) is 0 Å². The minimum absolute atomic E-state index is 0.104. The van der Waals surface area contributed by atoms with Crippen molar-refractivity contribution in [1.82, 2.24) is 9.78 Å². The van der Waals surface area contributed by atoms with Crippen LogP contribution in [-0.4, -0.2) is 34.1 Å². The third-order valence-electron chi connectivity index (χ3n) is 2.90. The number of nitrogens with zero attached hydrogens (tertiary/aromatic N) is 2. The van der Waals surface area contributed by atoms with Crippen molar-refractivity contribution in [3.8, 4) is 11.5 Å². The lowest BCUT2D eigenvalue weighted by Gasteiger charge is -2.13. The first-order valence-corrected chi connectivity index (χ1v) is 6.71. The summed E-state index contributed by atoms with van der Waals surface area (Å²) in [5.74, 6) is -0.313. The van der Waals surface area contributed by atoms with Gasteiger partial charge in [0, 0.05) is 19.7 Å². The van der Waals surface area contributed by atoms with Crippen LogP contribution in [0.15, 0.2) is 30.6 Å². The van der Waals surface area contributed by atoms with Gasteiger partial charge in [-0.3, -0.25) is 4.68 Å². The van der Waals surface area contributed by atoms with Crippen molar-refractivity contribution in [2.45, 2.75) is 13.3 Å². The Bertz CT molecular complexity index is 622. The van der Waals surface area contributed by atoms with Crippen LogP contribution >= 0.6 is 0 Å². The normalized spacial score (nSPS) is 10.4. The molecule has 1 aromatic heterocycles. The van der Waals surface area contributed by atoms with Crippen LogP contribution in [0.2, 0.25) is 0 Å². The van der Waals surface area contributed by atoms with Gasteiger partial charge in [0.25, 0.3) is 0 Å². The third-order valence-corrected chi connectivity index (χ3v) is 2.90. The highest BCUT2D eigenvalue weighted by Gasteiger charge is 2.16. The molecule has 1 N–H and O–H groups in total. The number of carbonyl (C=O) groups is 1. The van der Waals surface area contributed by atoms with Gasteiger partial charge >= 0.3 is 5.97 Å². The Balaban J connectivity index is 2.11. The SMILES string of the molecule is CCOc1cccc(C(=O)O)c1OCCc1cnn(C)c1. The summed E-state index contributed by atoms with van der Waals surface area (Å²) in [6.07, 6.45) is 4.30. The average Bonchev–Trinajstić information content (AvgIpc) is 2.86. The molecular formula is C15H18N2O4. The fourth-order valence-corrected chi connectivity index (χ4v) is 1.97. The number of hydrogen-bond donors (Lipinski definition) is 1. The molecule has 0 unspecified atom stereocenters. The Kier molecular flexibility index (Phi) is 4.81. The summed E-state index contributed by atoms with van der Waals surface area (Å²) >= 11 is 0. The molecule has 0 aliphatic heterocycles. The van der Waals surface area contributed by atoms with E-state index >= 15 is 0 Å². The van der Waals surface area contributed by atoms with E-state index in [0.29, 0.717) is 25.4 Å². The number of hydrogen-bond acceptors (Lipinski definition) is 4. The summed E-state index contributed by atoms with van der Waals surface area (Å²) in [7, 11) is 1.84. The molecule has 0 amide bonds. The lowest BCUT2D eigenvalue weighted by Crippen LogP contribution is -2.08. The maximum Gasteiger partial charge on any atom is 0.339 e. The van der Waals surface area contributed by atoms with E-state index in [1.54, 1.807) is 23.0 Å². The van der Waals surface area contributed by atoms with Crippen LogP contribution in [-0.2, 0) is 13.5 Å². The standard InChI is InChI=1S/C15H18N2O4/c1-3-20-13-6-4-5-12(15(18)19)14(13)21-8-7-11-9-16-17(2)10-11/h4-6,9-10H,3,7-8H2,1-2H3,(H,18,19). The Morgan fingerprint density at radius 3 is 2.81 bits per heavy atom. The summed E-state index contributed by atoms with van der Waals surface area (Å²) in [6.45, 7) is 2.64. The molecule has 6 heteroatoms. The Morgan fingerprint density at radius 1 is 1.38 bits per heavy atom. The fourth-order valence-electron chi connectivity index (χ4n) is 1.97. The van der Waals surface area contributed by atoms with Gasteiger partial charge in [-0.1, -0.05) is 6.07 Å². The third kappa shape index (κ3) is 3.75. The van der Waals surface area contributed by atoms with Crippen LogP contribution in [0.3, 0.4) is 0 Å². The number of para-hydroxylation sites is 1. The number of aryl methyl sites for hydroxylation is 1. The fraction of sp³-hybridized carbons (Fsp3) is 0.333. The first-order chi connectivity index (χ1) is 10.1. The predicted molar refractivity (Wildman–Crippen MR) is 77.0 cm³/mol. The topological polar surface area (TPSA) is 73.6 Å². The molecule has 0 saturated carbocycles. The first kappa shape index (κ1) is 14.9. The molecular weight excluding hydrogens is 272 g/mol. The summed E-state index contributed by atoms with van der Waals surface area (Å²) in [6, 6.07) is 4.85. The molecule has 0 fully saturated rings. The van der Waals surface area contributed by atoms with Gasteiger partial charge in [-0.15, -0.1) is 0 Å². The zero-order chi connectivity index (χ0) is 15.2. The second kappa shape index (κ2) is 6.78. The second-order valence-electron chi connectivity index (χ2n) is 4.49. The van der Waals surface area contributed by atoms with Crippen LogP contribution in [0, 0.1) is 0 Å². The molecule has 0 spiro atoms. The smallest absolute Gasteiger partial charge is 0.339 e. The summed E-state index contributed by atoms with van der Waals surface area (Å²) < 4.78 is 12.8. The number of rotatable bonds is 7. The predicted octanol–water partition coefficient (Wildman–Crippen LogP) is 2.14. The Hall–Kier alpha value is -2.50. The molecule has 0 atom stereocenters. The molecule has 2 aromatic rings. The van der Waals surface area contributed by atoms with Crippen molar-refractivity contribution in [3.05, 3.63) is 41.7 Å². The molecule has 0 aliphatic carbocycles. The minimum Gasteiger partial charge on any atom is -0.490 e. The van der Waals surface area contributed by atoms with Gasteiger partial charge in [-0.25, -0.2) is 4.79 Å². The lowest BCUT2D eigenvalue weighted by atomic mass is 10.2. The van der Waals surface area contributed by atoms with Gasteiger partial charge in [0.15, 0.2) is 11.5 Å². The largest absolute Gasteiger partial charge is 0.490 e. The maximum atomic E-state index is 11.3. The minimum atomic E-state index is -1.03. The molecule has 21 heavy (non-hydrogen) atoms. The molecule has 0 saturated heterocycles. The summed E-state index contributed by atoms with van der Waals surface area (Å²) in [5.41, 5.74) is 1.13. The molecule has 1 heterocycles. The van der Waals surface area contributed by atoms with E-state index in [1.165, 1.54) is 6.07 Å². The highest BCUT2D eigenvalue weighted by Crippen LogP contribution is 2.31. The number of carboxylic acids is 1. The van der Waals surface area contributed by atoms with E-state index in [-0.39, 0.29) is 11.3 Å². The van der Waals surface area contributed by atoms with Crippen molar-refractivity contribution in [2.24, 2.45) is 7.05 Å². The number of ether oxygens (including phenoxy) is 2. The first-order valence-electron chi connectivity index (χ1n) is 6.71. The van der Waals surface area contributed by atoms with E-state index in [4.69, 9.17) is 9.47 Å². The zero-order valence-corrected chi connectivity index (χ0v) is 12.1. The van der Waals surface area contributed by atoms with Crippen molar-refractivity contribution in [1.29, 1.82) is 0 Å². The van der Waals surface area contributed by atoms with E-state index in [0.717, 1.165) is 5.56 Å². The van der Waals surface area contributed by atoms with E-state index in [9.17, 15) is 9.90 Å². The van der Waals surface area contributed by atoms with Gasteiger partial charge in [0.2, 0.25) is 0 Å². The van der Waals surface area contributed by atoms with Gasteiger partial charge in [-0.05, 0) is 24.6 Å². The van der Waals surface area contributed by atoms with E-state index in [1.807, 2.05) is 20.2 Å². The molecule has 2 rings (SSSR count). The number of benzene rings is 1. The Morgan fingerprint density at radius 2 is 2.19 bits per heavy atom. The Labute approximate surface area is 122 Å². The molecule has 112 valence electrons. The second-order valence-corrected chi connectivity index (χ2v) is 4.49. The summed E-state index contributed by atoms with van der Waals surface area (Å²) in [5, 5.41) is 13.3. The highest BCUT2D eigenvalue weighted by atomic mass is 16.5. The molecule has 0 bridgehead atoms. The molecule has 1 aromatic carbocycles. The van der Waals surface area contributed by atoms with Crippen LogP contribution < -0.4 is 9.47 Å². The number of carboxylic acid groups (broad SMARTS) is 1. The highest BCUT2D eigenvalue weighted by molar-refractivity contribution is 5.92. The van der Waals surface area contributed by atoms with Gasteiger partial charge in [-0.2, -0.15) is 5.10 Å². The van der Waals surface area contributed by atoms with Gasteiger partial charge in [0.1, 0.15) is 5.56 Å². The zero-order valence-electron chi connectivity index (χ0n) is 12.1. The monoisotopic (exact) mass is 290 g/mol. The van der Waals surface area contributed by atoms with Crippen LogP contribution in [0.25, 0.3) is 0 Å². The average molecular weight is 290 g/mol. The molecule has 6 nitrogen and oxygen atoms in total. The van der Waals surface area contributed by atoms with Crippen molar-refractivity contribution in [3.63, 3.8) is 0 Å². The maximum absolute atomic E-state index is 11.3. The summed E-state index contributed by atoms with van der Waals surface area (Å²) in [4.78, 5) is 11.3. The van der Waals surface area contributed by atoms with Crippen molar-refractivity contribution < 1.29 is 19.4 Å². The van der Waals surface area contributed by atoms with E-state index in [2.05, 4.69) is 5.10 Å². The number of aromatic nitrogens is 2. The quantitative estimate of drug-likeness (QED) is 0.845. The molecule has 0 radical (unpaired) electrons. The van der Waals surface area contributed by atoms with E-state index < -0.39 is 5.97 Å². The lowest BCUT2D eigenvalue weighted by molar-refractivity contribution is 0.0691. The van der Waals surface area contributed by atoms with Gasteiger partial charge in [0.05, 0.1) is 19.4 Å². The van der Waals surface area contributed by atoms with Crippen LogP contribution in [0.5, 0.6) is 11.5 Å². The number of aromatic carboxylic acids is 1. The van der Waals surface area contributed by atoms with Crippen molar-refractivity contribution >= 4 is 5.97 Å². The van der Waals surface area contributed by atoms with Crippen molar-refractivity contribution in [2.75, 3.05) is 13.2 Å². The van der Waals surface area contributed by atoms with Gasteiger partial charge < -0.3 is 14.6 Å². The molecule has 0 aliphatic rings. The van der Waals surface area contributed by atoms with Crippen LogP contribution in [0.1, 0.15) is 22.8 Å².